The fraction of sp³-hybridized carbons (Fsp3) is 0.250. The standard InChI is InChI=1S/C8H7F2N3O4/c1-17-8(14)5-4(11)2-3(6(9)10)7(12-5)13(15)16/h2,6H,11H2,1H3. The van der Waals surface area contributed by atoms with Crippen molar-refractivity contribution >= 4 is 17.5 Å². The number of carbonyl (C=O) groups excluding carboxylic acids is 1. The van der Waals surface area contributed by atoms with Gasteiger partial charge in [0.15, 0.2) is 0 Å². The Balaban J connectivity index is 3.45. The molecule has 0 fully saturated rings. The number of carbonyl (C=O) groups is 1. The van der Waals surface area contributed by atoms with Crippen LogP contribution in [0, 0.1) is 10.1 Å². The van der Waals surface area contributed by atoms with Crippen LogP contribution in [0.25, 0.3) is 0 Å². The monoisotopic (exact) mass is 247 g/mol. The van der Waals surface area contributed by atoms with Crippen molar-refractivity contribution < 1.29 is 23.2 Å². The topological polar surface area (TPSA) is 108 Å². The molecule has 0 amide bonds. The number of halogens is 2. The normalized spacial score (nSPS) is 10.4. The number of alkyl halides is 2. The number of ether oxygens (including phenoxy) is 1. The summed E-state index contributed by atoms with van der Waals surface area (Å²) in [6, 6.07) is 0.641. The predicted molar refractivity (Wildman–Crippen MR) is 51.6 cm³/mol. The number of pyridine rings is 1. The van der Waals surface area contributed by atoms with Crippen LogP contribution in [0.15, 0.2) is 6.07 Å². The number of nitrogens with two attached hydrogens (primary N) is 1. The van der Waals surface area contributed by atoms with E-state index < -0.39 is 40.1 Å². The van der Waals surface area contributed by atoms with Gasteiger partial charge in [-0.15, -0.1) is 0 Å². The Bertz CT molecular complexity index is 478. The summed E-state index contributed by atoms with van der Waals surface area (Å²) in [6.45, 7) is 0. The maximum absolute atomic E-state index is 12.5. The van der Waals surface area contributed by atoms with Crippen molar-refractivity contribution in [2.24, 2.45) is 0 Å². The summed E-state index contributed by atoms with van der Waals surface area (Å²) in [5.74, 6) is -2.15. The molecule has 9 heteroatoms. The highest BCUT2D eigenvalue weighted by molar-refractivity contribution is 5.93. The number of esters is 1. The maximum atomic E-state index is 12.5. The van der Waals surface area contributed by atoms with E-state index in [1.165, 1.54) is 0 Å². The first-order chi connectivity index (χ1) is 7.88. The lowest BCUT2D eigenvalue weighted by atomic mass is 10.2. The van der Waals surface area contributed by atoms with Crippen molar-refractivity contribution in [3.63, 3.8) is 0 Å². The third-order valence-electron chi connectivity index (χ3n) is 1.85. The zero-order valence-corrected chi connectivity index (χ0v) is 8.52. The predicted octanol–water partition coefficient (Wildman–Crippen LogP) is 1.30. The van der Waals surface area contributed by atoms with Crippen LogP contribution in [0.5, 0.6) is 0 Å². The summed E-state index contributed by atoms with van der Waals surface area (Å²) in [7, 11) is 1.01. The van der Waals surface area contributed by atoms with E-state index in [2.05, 4.69) is 9.72 Å². The molecule has 17 heavy (non-hydrogen) atoms. The maximum Gasteiger partial charge on any atom is 0.384 e. The summed E-state index contributed by atoms with van der Waals surface area (Å²) >= 11 is 0. The van der Waals surface area contributed by atoms with Crippen molar-refractivity contribution in [2.75, 3.05) is 12.8 Å². The molecule has 0 bridgehead atoms. The highest BCUT2D eigenvalue weighted by Gasteiger charge is 2.29. The number of hydrogen-bond donors (Lipinski definition) is 1. The van der Waals surface area contributed by atoms with E-state index in [0.717, 1.165) is 7.11 Å². The Morgan fingerprint density at radius 3 is 2.65 bits per heavy atom. The molecule has 0 saturated heterocycles. The number of nitrogens with zero attached hydrogens (tertiary/aromatic N) is 2. The summed E-state index contributed by atoms with van der Waals surface area (Å²) < 4.78 is 29.2. The van der Waals surface area contributed by atoms with Crippen LogP contribution in [-0.2, 0) is 4.74 Å². The second-order valence-electron chi connectivity index (χ2n) is 2.89. The summed E-state index contributed by atoms with van der Waals surface area (Å²) in [4.78, 5) is 23.7. The molecule has 0 aliphatic rings. The number of nitrogen functional groups attached to an aromatic ring is 1. The minimum atomic E-state index is -3.11. The lowest BCUT2D eigenvalue weighted by molar-refractivity contribution is -0.391. The second-order valence-corrected chi connectivity index (χ2v) is 2.89. The van der Waals surface area contributed by atoms with Crippen LogP contribution in [0.2, 0.25) is 0 Å². The molecule has 1 rings (SSSR count). The molecular weight excluding hydrogens is 240 g/mol. The molecule has 0 unspecified atom stereocenters. The number of methoxy groups -OCH3 is 1. The van der Waals surface area contributed by atoms with E-state index >= 15 is 0 Å². The largest absolute Gasteiger partial charge is 0.463 e. The third-order valence-corrected chi connectivity index (χ3v) is 1.85. The van der Waals surface area contributed by atoms with Gasteiger partial charge < -0.3 is 20.6 Å². The summed E-state index contributed by atoms with van der Waals surface area (Å²) in [6.07, 6.45) is -3.11. The van der Waals surface area contributed by atoms with E-state index in [9.17, 15) is 23.7 Å². The molecule has 0 atom stereocenters. The number of hydrogen-bond acceptors (Lipinski definition) is 6. The molecule has 0 aliphatic heterocycles. The first kappa shape index (κ1) is 12.7. The van der Waals surface area contributed by atoms with E-state index in [-0.39, 0.29) is 0 Å². The van der Waals surface area contributed by atoms with Gasteiger partial charge in [-0.25, -0.2) is 13.6 Å². The highest BCUT2D eigenvalue weighted by Crippen LogP contribution is 2.30. The van der Waals surface area contributed by atoms with Gasteiger partial charge in [0.05, 0.1) is 12.8 Å². The Labute approximate surface area is 93.3 Å². The number of nitro groups is 1. The van der Waals surface area contributed by atoms with Crippen molar-refractivity contribution in [3.05, 3.63) is 27.4 Å². The smallest absolute Gasteiger partial charge is 0.384 e. The van der Waals surface area contributed by atoms with Crippen LogP contribution < -0.4 is 5.73 Å². The van der Waals surface area contributed by atoms with Gasteiger partial charge in [0, 0.05) is 0 Å². The highest BCUT2D eigenvalue weighted by atomic mass is 19.3. The van der Waals surface area contributed by atoms with E-state index in [1.807, 2.05) is 0 Å². The van der Waals surface area contributed by atoms with Gasteiger partial charge in [-0.3, -0.25) is 0 Å². The van der Waals surface area contributed by atoms with E-state index in [4.69, 9.17) is 5.73 Å². The Hall–Kier alpha value is -2.32. The number of aromatic nitrogens is 1. The number of anilines is 1. The molecule has 1 aromatic heterocycles. The molecule has 0 saturated carbocycles. The van der Waals surface area contributed by atoms with Crippen LogP contribution in [-0.4, -0.2) is 23.0 Å². The first-order valence-corrected chi connectivity index (χ1v) is 4.19. The van der Waals surface area contributed by atoms with Gasteiger partial charge in [-0.1, -0.05) is 0 Å². The number of rotatable bonds is 3. The minimum Gasteiger partial charge on any atom is -0.463 e. The molecule has 0 aliphatic carbocycles. The molecule has 0 spiro atoms. The fourth-order valence-corrected chi connectivity index (χ4v) is 1.10. The van der Waals surface area contributed by atoms with Gasteiger partial charge >= 0.3 is 11.8 Å². The van der Waals surface area contributed by atoms with Gasteiger partial charge in [0.25, 0.3) is 12.1 Å². The Kier molecular flexibility index (Phi) is 3.51. The molecule has 0 aromatic carbocycles. The Morgan fingerprint density at radius 2 is 2.24 bits per heavy atom. The quantitative estimate of drug-likeness (QED) is 0.489. The van der Waals surface area contributed by atoms with Crippen LogP contribution in [0.4, 0.5) is 20.3 Å². The average Bonchev–Trinajstić information content (AvgIpc) is 2.27. The molecule has 2 N–H and O–H groups in total. The molecular formula is C8H7F2N3O4. The average molecular weight is 247 g/mol. The summed E-state index contributed by atoms with van der Waals surface area (Å²) in [5.41, 5.74) is 3.37. The third kappa shape index (κ3) is 2.44. The fourth-order valence-electron chi connectivity index (χ4n) is 1.10. The Morgan fingerprint density at radius 1 is 1.65 bits per heavy atom. The first-order valence-electron chi connectivity index (χ1n) is 4.19. The second kappa shape index (κ2) is 4.68. The zero-order valence-electron chi connectivity index (χ0n) is 8.52. The van der Waals surface area contributed by atoms with Gasteiger partial charge in [-0.05, 0) is 16.0 Å². The van der Waals surface area contributed by atoms with Crippen molar-refractivity contribution in [2.45, 2.75) is 6.43 Å². The van der Waals surface area contributed by atoms with Crippen molar-refractivity contribution in [1.29, 1.82) is 0 Å². The lowest BCUT2D eigenvalue weighted by Crippen LogP contribution is -2.12. The van der Waals surface area contributed by atoms with Gasteiger partial charge in [0.1, 0.15) is 5.56 Å². The van der Waals surface area contributed by atoms with Gasteiger partial charge in [0.2, 0.25) is 0 Å². The van der Waals surface area contributed by atoms with Crippen LogP contribution >= 0.6 is 0 Å². The van der Waals surface area contributed by atoms with Crippen molar-refractivity contribution in [1.82, 2.24) is 4.98 Å². The zero-order chi connectivity index (χ0) is 13.2. The SMILES string of the molecule is COC(=O)c1nc([N+](=O)[O-])c(C(F)F)cc1N. The van der Waals surface area contributed by atoms with E-state index in [0.29, 0.717) is 6.07 Å². The molecule has 7 nitrogen and oxygen atoms in total. The molecule has 1 heterocycles. The summed E-state index contributed by atoms with van der Waals surface area (Å²) in [5, 5.41) is 10.5. The minimum absolute atomic E-state index is 0.405. The van der Waals surface area contributed by atoms with Crippen LogP contribution in [0.3, 0.4) is 0 Å². The molecule has 1 aromatic rings. The van der Waals surface area contributed by atoms with Crippen molar-refractivity contribution in [3.8, 4) is 0 Å². The van der Waals surface area contributed by atoms with Gasteiger partial charge in [-0.2, -0.15) is 0 Å². The lowest BCUT2D eigenvalue weighted by Gasteiger charge is -2.04. The van der Waals surface area contributed by atoms with Crippen LogP contribution in [0.1, 0.15) is 22.5 Å². The molecule has 0 radical (unpaired) electrons. The molecule has 92 valence electrons. The van der Waals surface area contributed by atoms with E-state index in [1.54, 1.807) is 0 Å².